The molecule has 1 saturated carbocycles. The van der Waals surface area contributed by atoms with Crippen LogP contribution in [0.25, 0.3) is 55.8 Å². The first-order valence-electron chi connectivity index (χ1n) is 48.6. The van der Waals surface area contributed by atoms with Gasteiger partial charge < -0.3 is 99.4 Å². The van der Waals surface area contributed by atoms with Gasteiger partial charge in [-0.2, -0.15) is 10.1 Å². The number of hydrogen-bond donors (Lipinski definition) is 7. The molecule has 8 aromatic rings. The number of unbranched alkanes of at least 4 members (excludes halogenated alkanes) is 1. The number of aliphatic hydroxyl groups excluding tert-OH is 2. The second-order valence-corrected chi connectivity index (χ2v) is 37.1. The van der Waals surface area contributed by atoms with Gasteiger partial charge in [0.2, 0.25) is 17.6 Å². The van der Waals surface area contributed by atoms with Gasteiger partial charge in [-0.05, 0) is 144 Å². The fraction of sp³-hybridized carbons (Fsp3) is 0.596. The number of aliphatic hydroxyl groups is 3. The zero-order chi connectivity index (χ0) is 98.7. The summed E-state index contributed by atoms with van der Waals surface area (Å²) in [5, 5.41) is 60.9. The standard InChI is InChI=1S/C99H138N20O20/c1-62-18-11-10-12-19-63(2)83(129-7)52-75-26-23-67(6)99(128,139-75)92(125)95(126)117-31-15-13-22-79(117)96(127)137-84(53-81(121)64(3)47-66(5)90(124)91(131-9)89(123)65(4)46-62)76(100)48-68-24-27-78(85(49-68)130-8)119-80(56-108-112-119)70-21-17-20-69(50-70)72-54-104-98(105-55-72)115-34-33-114(74(59-115)60-120)57-73-58-116(113-110-73)35-37-133-39-41-135-43-45-136-44-42-134-40-38-132-36-29-86(122)103-30-14-16-32-118-94-87(93(101)106-61-107-94)88(111-118)71-25-28-82-77(51-71)109-97(102)138-82/h10-12,17-21,25,28,47,50-51,54-56,58,61-62,64-65,67-68,74-76,78-79,83-85,90-91,120,124,128H,13-16,22-24,26-27,29-46,48-49,52-53,57,59-60,100H2,1-9H3,(H2,102,109)(H,103,122)(H2,101,106,107)/b12-10?,18-11+,63-19?,66-47+/t62-,64-,65-,67-,68+,74?,75+,76-,78+,79+,83+,84?,85-,90-,91+,99-/m1/s1. The number of fused-ring (bicyclic) bond motifs is 5. The highest BCUT2D eigenvalue weighted by atomic mass is 16.6. The fourth-order valence-electron chi connectivity index (χ4n) is 19.0. The third kappa shape index (κ3) is 28.1. The van der Waals surface area contributed by atoms with E-state index in [1.54, 1.807) is 82.0 Å². The Morgan fingerprint density at radius 1 is 0.741 bits per heavy atom. The van der Waals surface area contributed by atoms with Crippen molar-refractivity contribution in [3.05, 3.63) is 127 Å². The molecule has 6 aromatic heterocycles. The maximum atomic E-state index is 14.9. The molecule has 4 aliphatic heterocycles. The summed E-state index contributed by atoms with van der Waals surface area (Å²) in [6.07, 6.45) is 20.4. The average molecular weight is 1930 g/mol. The van der Waals surface area contributed by atoms with Gasteiger partial charge >= 0.3 is 5.97 Å². The zero-order valence-electron chi connectivity index (χ0n) is 81.3. The lowest BCUT2D eigenvalue weighted by atomic mass is 9.79. The maximum Gasteiger partial charge on any atom is 0.329 e. The first-order valence-corrected chi connectivity index (χ1v) is 48.6. The highest BCUT2D eigenvalue weighted by Gasteiger charge is 2.53. The van der Waals surface area contributed by atoms with Crippen molar-refractivity contribution in [3.63, 3.8) is 0 Å². The molecule has 0 radical (unpaired) electrons. The van der Waals surface area contributed by atoms with E-state index in [4.69, 9.17) is 84.1 Å². The second-order valence-electron chi connectivity index (χ2n) is 37.1. The third-order valence-corrected chi connectivity index (χ3v) is 27.1. The number of rotatable bonds is 37. The lowest BCUT2D eigenvalue weighted by molar-refractivity contribution is -0.265. The molecule has 16 atom stereocenters. The Bertz CT molecular complexity index is 5490. The number of oxazole rings is 1. The Morgan fingerprint density at radius 3 is 2.23 bits per heavy atom. The molecule has 1 aliphatic carbocycles. The summed E-state index contributed by atoms with van der Waals surface area (Å²) in [6.45, 7) is 18.1. The first kappa shape index (κ1) is 105. The van der Waals surface area contributed by atoms with Crippen molar-refractivity contribution in [1.82, 2.24) is 79.8 Å². The molecular weight excluding hydrogens is 1790 g/mol. The van der Waals surface area contributed by atoms with Gasteiger partial charge in [-0.25, -0.2) is 38.8 Å². The summed E-state index contributed by atoms with van der Waals surface area (Å²) in [4.78, 5) is 113. The van der Waals surface area contributed by atoms with E-state index < -0.39 is 83.8 Å². The third-order valence-electron chi connectivity index (χ3n) is 27.1. The highest BCUT2D eigenvalue weighted by Crippen LogP contribution is 2.42. The molecule has 40 heteroatoms. The van der Waals surface area contributed by atoms with Gasteiger partial charge in [0, 0.05) is 145 Å². The summed E-state index contributed by atoms with van der Waals surface area (Å²) in [6, 6.07) is 10.9. The molecule has 2 aromatic carbocycles. The number of nitrogens with two attached hydrogens (primary N) is 3. The van der Waals surface area contributed by atoms with Crippen LogP contribution in [0.1, 0.15) is 150 Å². The number of hydrogen-bond acceptors (Lipinski definition) is 35. The van der Waals surface area contributed by atoms with Gasteiger partial charge in [0.15, 0.2) is 17.0 Å². The number of ether oxygens (including phenoxy) is 10. The van der Waals surface area contributed by atoms with Gasteiger partial charge in [0.1, 0.15) is 53.5 Å². The van der Waals surface area contributed by atoms with Gasteiger partial charge in [-0.1, -0.05) is 92.8 Å². The summed E-state index contributed by atoms with van der Waals surface area (Å²) in [5.74, 6) is -7.81. The molecule has 3 saturated heterocycles. The number of piperazine rings is 1. The number of carbonyl (C=O) groups excluding carboxylic acids is 6. The molecule has 5 aliphatic rings. The Labute approximate surface area is 809 Å². The number of cyclic esters (lactones) is 1. The number of nitrogens with zero attached hydrogens (tertiary/aromatic N) is 16. The molecule has 754 valence electrons. The molecule has 10 N–H and O–H groups in total. The lowest BCUT2D eigenvalue weighted by Crippen LogP contribution is -2.61. The Morgan fingerprint density at radius 2 is 1.49 bits per heavy atom. The SMILES string of the molecule is CO[C@H]1C[C@@H]2CC[C@@H](C)[C@@](O)(O2)C(=O)C(=O)N2CCCC[C@H]2C(=O)OC([C@H](N)C[C@@H]2CC[C@H](n3nncc3-c3cccc(-c4cnc(N5CCN(Cc6cn(CCOCCOCCOCCOCCOCCC(=O)NCCCCn7nc(-c8ccc9oc(N)nc9c8)c8c(N)ncnc87)nn6)C(CO)C5)nc4)c3)[C@H](OC)C2)CC(=O)[C@H](C)/C=C(\C)[C@@H](O)[C@@H](OC)C(=O)[C@H](C)C[C@H](C)/C=C/C=CC=C1C. The van der Waals surface area contributed by atoms with Crippen molar-refractivity contribution in [2.75, 3.05) is 143 Å². The Hall–Kier alpha value is -11.0. The molecule has 2 unspecified atom stereocenters. The molecule has 2 amide bonds. The van der Waals surface area contributed by atoms with E-state index in [2.05, 4.69) is 50.7 Å². The molecule has 2 bridgehead atoms. The van der Waals surface area contributed by atoms with Crippen LogP contribution in [0.5, 0.6) is 0 Å². The van der Waals surface area contributed by atoms with Crippen LogP contribution in [-0.4, -0.2) is 312 Å². The topological polar surface area (TPSA) is 512 Å². The van der Waals surface area contributed by atoms with E-state index in [9.17, 15) is 44.1 Å². The fourth-order valence-corrected chi connectivity index (χ4v) is 19.0. The van der Waals surface area contributed by atoms with Crippen molar-refractivity contribution < 1.29 is 95.9 Å². The number of benzene rings is 2. The minimum Gasteiger partial charge on any atom is -0.459 e. The van der Waals surface area contributed by atoms with E-state index in [0.717, 1.165) is 57.0 Å². The number of anilines is 3. The van der Waals surface area contributed by atoms with Crippen LogP contribution in [0.4, 0.5) is 17.8 Å². The molecule has 139 heavy (non-hydrogen) atoms. The Kier molecular flexibility index (Phi) is 39.0. The quantitative estimate of drug-likeness (QED) is 0.00840. The van der Waals surface area contributed by atoms with Gasteiger partial charge in [0.05, 0.1) is 133 Å². The zero-order valence-corrected chi connectivity index (χ0v) is 81.3. The predicted molar refractivity (Wildman–Crippen MR) is 515 cm³/mol. The van der Waals surface area contributed by atoms with Crippen LogP contribution in [0.3, 0.4) is 0 Å². The monoisotopic (exact) mass is 1930 g/mol. The number of methoxy groups -OCH3 is 3. The number of Topliss-reactive ketones (excluding diaryl/α,β-unsaturated/α-hetero) is 3. The van der Waals surface area contributed by atoms with Crippen molar-refractivity contribution in [3.8, 4) is 33.6 Å². The number of piperidine rings is 1. The van der Waals surface area contributed by atoms with E-state index in [0.29, 0.717) is 202 Å². The largest absolute Gasteiger partial charge is 0.459 e. The minimum absolute atomic E-state index is 0.0148. The molecular formula is C99H138N20O20. The van der Waals surface area contributed by atoms with Crippen molar-refractivity contribution in [2.24, 2.45) is 35.3 Å². The molecule has 4 fully saturated rings. The van der Waals surface area contributed by atoms with Crippen molar-refractivity contribution in [1.29, 1.82) is 0 Å². The normalized spacial score (nSPS) is 26.0. The van der Waals surface area contributed by atoms with Crippen molar-refractivity contribution in [2.45, 2.75) is 224 Å². The lowest BCUT2D eigenvalue weighted by Gasteiger charge is -2.42. The van der Waals surface area contributed by atoms with E-state index >= 15 is 0 Å². The van der Waals surface area contributed by atoms with Gasteiger partial charge in [-0.15, -0.1) is 10.2 Å². The van der Waals surface area contributed by atoms with Crippen LogP contribution in [-0.2, 0) is 95.8 Å². The first-order chi connectivity index (χ1) is 67.2. The minimum atomic E-state index is -2.51. The number of ketones is 3. The van der Waals surface area contributed by atoms with E-state index in [-0.39, 0.29) is 105 Å². The van der Waals surface area contributed by atoms with Crippen LogP contribution in [0, 0.1) is 29.6 Å². The van der Waals surface area contributed by atoms with Crippen molar-refractivity contribution >= 4 is 75.0 Å². The molecule has 40 nitrogen and oxygen atoms in total. The number of aryl methyl sites for hydroxylation is 1. The number of esters is 1. The number of carbonyl (C=O) groups is 6. The number of amides is 2. The molecule has 10 heterocycles. The van der Waals surface area contributed by atoms with E-state index in [1.807, 2.05) is 91.5 Å². The number of nitrogens with one attached hydrogen (secondary N) is 1. The number of allylic oxidation sites excluding steroid dienone is 6. The number of nitrogen functional groups attached to an aromatic ring is 2. The molecule has 0 spiro atoms. The van der Waals surface area contributed by atoms with Crippen LogP contribution < -0.4 is 27.4 Å². The highest BCUT2D eigenvalue weighted by molar-refractivity contribution is 6.39. The Balaban J connectivity index is 0.524. The predicted octanol–water partition coefficient (Wildman–Crippen LogP) is 7.92. The van der Waals surface area contributed by atoms with Crippen LogP contribution >= 0.6 is 0 Å². The second kappa shape index (κ2) is 51.5. The van der Waals surface area contributed by atoms with Gasteiger partial charge in [0.25, 0.3) is 17.7 Å². The average Bonchev–Trinajstić information content (AvgIpc) is 1.75. The van der Waals surface area contributed by atoms with Gasteiger partial charge in [-0.3, -0.25) is 28.9 Å². The summed E-state index contributed by atoms with van der Waals surface area (Å²) in [7, 11) is 4.58. The molecule has 13 rings (SSSR count). The van der Waals surface area contributed by atoms with E-state index in [1.165, 1.54) is 13.4 Å². The van der Waals surface area contributed by atoms with Crippen LogP contribution in [0.2, 0.25) is 0 Å². The summed E-state index contributed by atoms with van der Waals surface area (Å²) >= 11 is 0. The summed E-state index contributed by atoms with van der Waals surface area (Å²) in [5.41, 5.74) is 27.7. The smallest absolute Gasteiger partial charge is 0.329 e. The summed E-state index contributed by atoms with van der Waals surface area (Å²) < 4.78 is 69.8. The maximum absolute atomic E-state index is 14.9. The van der Waals surface area contributed by atoms with Crippen LogP contribution in [0.15, 0.2) is 126 Å². The number of aromatic nitrogens is 13.